The summed E-state index contributed by atoms with van der Waals surface area (Å²) in [5, 5.41) is 8.83. The van der Waals surface area contributed by atoms with Crippen LogP contribution in [0.2, 0.25) is 0 Å². The number of benzene rings is 3. The van der Waals surface area contributed by atoms with Gasteiger partial charge in [0, 0.05) is 0 Å². The van der Waals surface area contributed by atoms with Gasteiger partial charge in [-0.2, -0.15) is 5.26 Å². The van der Waals surface area contributed by atoms with E-state index in [9.17, 15) is 4.39 Å². The Balaban J connectivity index is 1.75. The largest absolute Gasteiger partial charge is 0.206 e. The zero-order valence-corrected chi connectivity index (χ0v) is 15.0. The standard InChI is InChI=1S/C24H22FN/c1-2-3-4-5-18-6-8-19(9-7-18)20-10-12-21(13-11-20)22-14-15-23(17-26)24(25)16-22/h6-16H,2-5H2,1H3. The zero-order chi connectivity index (χ0) is 18.4. The van der Waals surface area contributed by atoms with Gasteiger partial charge in [-0.1, -0.05) is 74.4 Å². The van der Waals surface area contributed by atoms with Crippen LogP contribution in [0.4, 0.5) is 4.39 Å². The lowest BCUT2D eigenvalue weighted by Gasteiger charge is -2.07. The van der Waals surface area contributed by atoms with E-state index in [1.165, 1.54) is 42.5 Å². The third kappa shape index (κ3) is 4.18. The van der Waals surface area contributed by atoms with Gasteiger partial charge in [-0.25, -0.2) is 4.39 Å². The average molecular weight is 343 g/mol. The molecule has 0 saturated heterocycles. The summed E-state index contributed by atoms with van der Waals surface area (Å²) in [6.07, 6.45) is 4.90. The van der Waals surface area contributed by atoms with E-state index in [2.05, 4.69) is 43.3 Å². The van der Waals surface area contributed by atoms with Gasteiger partial charge in [0.1, 0.15) is 11.9 Å². The maximum absolute atomic E-state index is 13.8. The van der Waals surface area contributed by atoms with E-state index in [0.717, 1.165) is 23.1 Å². The lowest BCUT2D eigenvalue weighted by atomic mass is 9.98. The summed E-state index contributed by atoms with van der Waals surface area (Å²) >= 11 is 0. The van der Waals surface area contributed by atoms with Crippen molar-refractivity contribution in [3.63, 3.8) is 0 Å². The van der Waals surface area contributed by atoms with Gasteiger partial charge in [-0.05, 0) is 52.8 Å². The molecule has 3 aromatic carbocycles. The summed E-state index contributed by atoms with van der Waals surface area (Å²) in [7, 11) is 0. The monoisotopic (exact) mass is 343 g/mol. The molecule has 0 aliphatic rings. The van der Waals surface area contributed by atoms with Gasteiger partial charge in [0.2, 0.25) is 0 Å². The summed E-state index contributed by atoms with van der Waals surface area (Å²) in [4.78, 5) is 0. The number of hydrogen-bond donors (Lipinski definition) is 0. The first-order valence-electron chi connectivity index (χ1n) is 9.10. The first-order valence-corrected chi connectivity index (χ1v) is 9.10. The minimum absolute atomic E-state index is 0.0735. The maximum Gasteiger partial charge on any atom is 0.141 e. The van der Waals surface area contributed by atoms with E-state index >= 15 is 0 Å². The summed E-state index contributed by atoms with van der Waals surface area (Å²) in [6, 6.07) is 23.4. The van der Waals surface area contributed by atoms with Crippen LogP contribution in [0.15, 0.2) is 66.7 Å². The summed E-state index contributed by atoms with van der Waals surface area (Å²) in [6.45, 7) is 2.22. The fourth-order valence-electron chi connectivity index (χ4n) is 3.08. The quantitative estimate of drug-likeness (QED) is 0.453. The molecule has 0 N–H and O–H groups in total. The number of halogens is 1. The Morgan fingerprint density at radius 2 is 1.31 bits per heavy atom. The van der Waals surface area contributed by atoms with Gasteiger partial charge in [0.25, 0.3) is 0 Å². The number of nitriles is 1. The van der Waals surface area contributed by atoms with Crippen molar-refractivity contribution in [1.29, 1.82) is 5.26 Å². The molecule has 0 unspecified atom stereocenters. The Morgan fingerprint density at radius 1 is 0.769 bits per heavy atom. The van der Waals surface area contributed by atoms with Crippen LogP contribution in [0.1, 0.15) is 37.3 Å². The average Bonchev–Trinajstić information content (AvgIpc) is 2.69. The predicted molar refractivity (Wildman–Crippen MR) is 105 cm³/mol. The highest BCUT2D eigenvalue weighted by Gasteiger charge is 2.05. The summed E-state index contributed by atoms with van der Waals surface area (Å²) in [5.41, 5.74) is 5.49. The Labute approximate surface area is 154 Å². The van der Waals surface area contributed by atoms with Crippen LogP contribution in [0.5, 0.6) is 0 Å². The molecule has 3 rings (SSSR count). The maximum atomic E-state index is 13.8. The Bertz CT molecular complexity index is 902. The van der Waals surface area contributed by atoms with Crippen molar-refractivity contribution in [2.24, 2.45) is 0 Å². The summed E-state index contributed by atoms with van der Waals surface area (Å²) < 4.78 is 13.8. The molecule has 0 aromatic heterocycles. The second-order valence-electron chi connectivity index (χ2n) is 6.54. The number of rotatable bonds is 6. The number of hydrogen-bond acceptors (Lipinski definition) is 1. The van der Waals surface area contributed by atoms with Gasteiger partial charge >= 0.3 is 0 Å². The number of unbranched alkanes of at least 4 members (excludes halogenated alkanes) is 2. The van der Waals surface area contributed by atoms with Crippen molar-refractivity contribution in [1.82, 2.24) is 0 Å². The van der Waals surface area contributed by atoms with E-state index < -0.39 is 5.82 Å². The lowest BCUT2D eigenvalue weighted by Crippen LogP contribution is -1.87. The minimum Gasteiger partial charge on any atom is -0.206 e. The van der Waals surface area contributed by atoms with E-state index in [4.69, 9.17) is 5.26 Å². The molecular formula is C24H22FN. The molecule has 0 aliphatic heterocycles. The second-order valence-corrected chi connectivity index (χ2v) is 6.54. The van der Waals surface area contributed by atoms with Crippen molar-refractivity contribution in [2.45, 2.75) is 32.6 Å². The molecule has 0 amide bonds. The van der Waals surface area contributed by atoms with Crippen LogP contribution >= 0.6 is 0 Å². The van der Waals surface area contributed by atoms with Crippen LogP contribution in [-0.2, 0) is 6.42 Å². The molecule has 3 aromatic rings. The molecular weight excluding hydrogens is 321 g/mol. The highest BCUT2D eigenvalue weighted by Crippen LogP contribution is 2.26. The highest BCUT2D eigenvalue weighted by molar-refractivity contribution is 5.71. The van der Waals surface area contributed by atoms with E-state index in [0.29, 0.717) is 0 Å². The first-order chi connectivity index (χ1) is 12.7. The molecule has 26 heavy (non-hydrogen) atoms. The lowest BCUT2D eigenvalue weighted by molar-refractivity contribution is 0.624. The van der Waals surface area contributed by atoms with Gasteiger partial charge < -0.3 is 0 Å². The molecule has 0 fully saturated rings. The Kier molecular flexibility index (Phi) is 5.81. The Hall–Kier alpha value is -2.92. The molecule has 2 heteroatoms. The fourth-order valence-corrected chi connectivity index (χ4v) is 3.08. The molecule has 0 heterocycles. The summed E-state index contributed by atoms with van der Waals surface area (Å²) in [5.74, 6) is -0.479. The Morgan fingerprint density at radius 3 is 1.85 bits per heavy atom. The van der Waals surface area contributed by atoms with Crippen LogP contribution in [0.3, 0.4) is 0 Å². The molecule has 0 bridgehead atoms. The molecule has 0 saturated carbocycles. The third-order valence-electron chi connectivity index (χ3n) is 4.66. The topological polar surface area (TPSA) is 23.8 Å². The first kappa shape index (κ1) is 17.9. The number of aryl methyl sites for hydroxylation is 1. The van der Waals surface area contributed by atoms with Crippen LogP contribution in [-0.4, -0.2) is 0 Å². The minimum atomic E-state index is -0.479. The SMILES string of the molecule is CCCCCc1ccc(-c2ccc(-c3ccc(C#N)c(F)c3)cc2)cc1. The van der Waals surface area contributed by atoms with Crippen LogP contribution in [0, 0.1) is 17.1 Å². The van der Waals surface area contributed by atoms with Crippen LogP contribution < -0.4 is 0 Å². The van der Waals surface area contributed by atoms with Crippen molar-refractivity contribution in [3.8, 4) is 28.3 Å². The second kappa shape index (κ2) is 8.45. The zero-order valence-electron chi connectivity index (χ0n) is 15.0. The molecule has 1 nitrogen and oxygen atoms in total. The predicted octanol–water partition coefficient (Wildman–Crippen LogP) is 6.76. The fraction of sp³-hybridized carbons (Fsp3) is 0.208. The van der Waals surface area contributed by atoms with Crippen molar-refractivity contribution in [2.75, 3.05) is 0 Å². The molecule has 0 spiro atoms. The van der Waals surface area contributed by atoms with Crippen LogP contribution in [0.25, 0.3) is 22.3 Å². The van der Waals surface area contributed by atoms with Crippen molar-refractivity contribution < 1.29 is 4.39 Å². The normalized spacial score (nSPS) is 10.5. The van der Waals surface area contributed by atoms with Gasteiger partial charge in [0.05, 0.1) is 5.56 Å². The van der Waals surface area contributed by atoms with E-state index in [-0.39, 0.29) is 5.56 Å². The van der Waals surface area contributed by atoms with E-state index in [1.54, 1.807) is 6.07 Å². The number of nitrogens with zero attached hydrogens (tertiary/aromatic N) is 1. The van der Waals surface area contributed by atoms with Gasteiger partial charge in [0.15, 0.2) is 0 Å². The van der Waals surface area contributed by atoms with Gasteiger partial charge in [-0.3, -0.25) is 0 Å². The molecule has 0 radical (unpaired) electrons. The molecule has 130 valence electrons. The van der Waals surface area contributed by atoms with Crippen molar-refractivity contribution >= 4 is 0 Å². The van der Waals surface area contributed by atoms with E-state index in [1.807, 2.05) is 18.2 Å². The molecule has 0 aliphatic carbocycles. The molecule has 0 atom stereocenters. The smallest absolute Gasteiger partial charge is 0.141 e. The van der Waals surface area contributed by atoms with Crippen molar-refractivity contribution in [3.05, 3.63) is 83.7 Å². The third-order valence-corrected chi connectivity index (χ3v) is 4.66. The van der Waals surface area contributed by atoms with Gasteiger partial charge in [-0.15, -0.1) is 0 Å². The highest BCUT2D eigenvalue weighted by atomic mass is 19.1.